The average Bonchev–Trinajstić information content (AvgIpc) is 2.43. The van der Waals surface area contributed by atoms with E-state index in [0.29, 0.717) is 5.92 Å². The maximum Gasteiger partial charge on any atom is 0.0973 e. The van der Waals surface area contributed by atoms with Crippen molar-refractivity contribution in [3.8, 4) is 0 Å². The van der Waals surface area contributed by atoms with E-state index in [1.165, 1.54) is 57.8 Å². The summed E-state index contributed by atoms with van der Waals surface area (Å²) in [5, 5.41) is 11.1. The molecule has 1 N–H and O–H groups in total. The van der Waals surface area contributed by atoms with E-state index in [1.54, 1.807) is 0 Å². The smallest absolute Gasteiger partial charge is 0.0973 e. The number of ether oxygens (including phenoxy) is 1. The highest BCUT2D eigenvalue weighted by atomic mass is 16.5. The molecule has 4 bridgehead atoms. The summed E-state index contributed by atoms with van der Waals surface area (Å²) >= 11 is 0. The number of hydrogen-bond donors (Lipinski definition) is 1. The Kier molecular flexibility index (Phi) is 4.66. The largest absolute Gasteiger partial charge is 0.387 e. The summed E-state index contributed by atoms with van der Waals surface area (Å²) in [6.45, 7) is 5.18. The Hall–Kier alpha value is -0.0800. The molecule has 4 rings (SSSR count). The maximum absolute atomic E-state index is 11.1. The second-order valence-corrected chi connectivity index (χ2v) is 8.30. The molecule has 0 amide bonds. The fourth-order valence-electron chi connectivity index (χ4n) is 5.57. The Morgan fingerprint density at radius 3 is 2.24 bits per heavy atom. The normalized spacial score (nSPS) is 44.4. The van der Waals surface area contributed by atoms with Crippen LogP contribution in [0.4, 0.5) is 0 Å². The van der Waals surface area contributed by atoms with Gasteiger partial charge in [0.05, 0.1) is 11.2 Å². The Morgan fingerprint density at radius 2 is 1.57 bits per heavy atom. The zero-order chi connectivity index (χ0) is 14.9. The molecule has 2 heteroatoms. The first-order valence-corrected chi connectivity index (χ1v) is 9.44. The van der Waals surface area contributed by atoms with Crippen molar-refractivity contribution in [2.45, 2.75) is 95.7 Å². The molecule has 0 saturated heterocycles. The average molecular weight is 294 g/mol. The summed E-state index contributed by atoms with van der Waals surface area (Å²) in [7, 11) is 0. The third-order valence-corrected chi connectivity index (χ3v) is 6.73. The molecule has 0 aliphatic heterocycles. The molecular formula is C19H34O2. The third kappa shape index (κ3) is 2.91. The van der Waals surface area contributed by atoms with Gasteiger partial charge in [-0.1, -0.05) is 39.0 Å². The van der Waals surface area contributed by atoms with Crippen molar-refractivity contribution in [1.82, 2.24) is 0 Å². The third-order valence-electron chi connectivity index (χ3n) is 6.73. The Morgan fingerprint density at radius 1 is 0.952 bits per heavy atom. The van der Waals surface area contributed by atoms with Crippen LogP contribution in [0.5, 0.6) is 0 Å². The molecule has 0 aromatic heterocycles. The molecule has 0 heterocycles. The topological polar surface area (TPSA) is 29.5 Å². The Balaban J connectivity index is 1.49. The van der Waals surface area contributed by atoms with Crippen molar-refractivity contribution in [2.24, 2.45) is 17.8 Å². The predicted molar refractivity (Wildman–Crippen MR) is 86.2 cm³/mol. The van der Waals surface area contributed by atoms with Gasteiger partial charge in [-0.3, -0.25) is 0 Å². The van der Waals surface area contributed by atoms with Crippen molar-refractivity contribution in [3.63, 3.8) is 0 Å². The second kappa shape index (κ2) is 6.20. The first-order chi connectivity index (χ1) is 10.1. The van der Waals surface area contributed by atoms with Crippen molar-refractivity contribution in [1.29, 1.82) is 0 Å². The summed E-state index contributed by atoms with van der Waals surface area (Å²) in [6, 6.07) is 0. The van der Waals surface area contributed by atoms with E-state index in [-0.39, 0.29) is 5.60 Å². The van der Waals surface area contributed by atoms with Gasteiger partial charge in [0, 0.05) is 6.61 Å². The number of hydrogen-bond acceptors (Lipinski definition) is 2. The van der Waals surface area contributed by atoms with E-state index in [9.17, 15) is 5.11 Å². The van der Waals surface area contributed by atoms with E-state index in [0.717, 1.165) is 31.3 Å². The highest BCUT2D eigenvalue weighted by Crippen LogP contribution is 2.61. The van der Waals surface area contributed by atoms with E-state index >= 15 is 0 Å². The van der Waals surface area contributed by atoms with Gasteiger partial charge in [-0.2, -0.15) is 0 Å². The monoisotopic (exact) mass is 294 g/mol. The van der Waals surface area contributed by atoms with Crippen LogP contribution in [0.25, 0.3) is 0 Å². The molecule has 0 aromatic carbocycles. The Labute approximate surface area is 130 Å². The van der Waals surface area contributed by atoms with Crippen LogP contribution < -0.4 is 0 Å². The van der Waals surface area contributed by atoms with Crippen LogP contribution in [-0.4, -0.2) is 22.9 Å². The van der Waals surface area contributed by atoms with Gasteiger partial charge in [0.1, 0.15) is 0 Å². The van der Waals surface area contributed by atoms with E-state index in [4.69, 9.17) is 4.74 Å². The molecule has 21 heavy (non-hydrogen) atoms. The molecule has 4 aliphatic rings. The summed E-state index contributed by atoms with van der Waals surface area (Å²) in [5.74, 6) is 2.15. The fraction of sp³-hybridized carbons (Fsp3) is 1.00. The van der Waals surface area contributed by atoms with Crippen molar-refractivity contribution in [3.05, 3.63) is 0 Å². The fourth-order valence-corrected chi connectivity index (χ4v) is 5.57. The maximum atomic E-state index is 11.1. The molecular weight excluding hydrogens is 260 g/mol. The van der Waals surface area contributed by atoms with Crippen LogP contribution >= 0.6 is 0 Å². The van der Waals surface area contributed by atoms with Crippen LogP contribution in [0.3, 0.4) is 0 Å². The minimum absolute atomic E-state index is 0.203. The van der Waals surface area contributed by atoms with Gasteiger partial charge in [0.25, 0.3) is 0 Å². The van der Waals surface area contributed by atoms with Crippen molar-refractivity contribution >= 4 is 0 Å². The van der Waals surface area contributed by atoms with Crippen LogP contribution in [0.2, 0.25) is 0 Å². The number of rotatable bonds is 8. The minimum atomic E-state index is -0.581. The van der Waals surface area contributed by atoms with Gasteiger partial charge >= 0.3 is 0 Å². The van der Waals surface area contributed by atoms with Gasteiger partial charge < -0.3 is 9.84 Å². The molecule has 2 nitrogen and oxygen atoms in total. The first-order valence-electron chi connectivity index (χ1n) is 9.44. The van der Waals surface area contributed by atoms with Gasteiger partial charge in [-0.05, 0) is 63.2 Å². The molecule has 3 atom stereocenters. The van der Waals surface area contributed by atoms with Gasteiger partial charge in [-0.15, -0.1) is 0 Å². The van der Waals surface area contributed by atoms with Gasteiger partial charge in [-0.25, -0.2) is 0 Å². The molecule has 4 saturated carbocycles. The molecule has 4 aliphatic carbocycles. The summed E-state index contributed by atoms with van der Waals surface area (Å²) in [6.07, 6.45) is 13.9. The van der Waals surface area contributed by atoms with Gasteiger partial charge in [0.2, 0.25) is 0 Å². The molecule has 122 valence electrons. The molecule has 0 radical (unpaired) electrons. The molecule has 4 fully saturated rings. The molecule has 0 spiro atoms. The molecule has 0 aromatic rings. The van der Waals surface area contributed by atoms with Crippen LogP contribution in [0, 0.1) is 17.8 Å². The standard InChI is InChI=1S/C19H34O2/c1-3-4-5-6-7-8-9-21-19-13-15-10-16(14-19)12-17(11-15)18(19,2)20/h15-17,20H,3-14H2,1-2H3. The van der Waals surface area contributed by atoms with Crippen LogP contribution in [0.1, 0.15) is 84.5 Å². The highest BCUT2D eigenvalue weighted by Gasteiger charge is 2.63. The lowest BCUT2D eigenvalue weighted by Gasteiger charge is -2.63. The number of aliphatic hydroxyl groups is 1. The zero-order valence-electron chi connectivity index (χ0n) is 14.1. The van der Waals surface area contributed by atoms with E-state index in [1.807, 2.05) is 0 Å². The Bertz CT molecular complexity index is 335. The lowest BCUT2D eigenvalue weighted by Crippen LogP contribution is -2.68. The van der Waals surface area contributed by atoms with Crippen molar-refractivity contribution < 1.29 is 9.84 Å². The lowest BCUT2D eigenvalue weighted by atomic mass is 9.48. The van der Waals surface area contributed by atoms with E-state index in [2.05, 4.69) is 13.8 Å². The zero-order valence-corrected chi connectivity index (χ0v) is 14.1. The quantitative estimate of drug-likeness (QED) is 0.658. The molecule has 3 unspecified atom stereocenters. The highest BCUT2D eigenvalue weighted by molar-refractivity contribution is 5.14. The van der Waals surface area contributed by atoms with Crippen LogP contribution in [-0.2, 0) is 4.74 Å². The lowest BCUT2D eigenvalue weighted by molar-refractivity contribution is -0.278. The SMILES string of the molecule is CCCCCCCCOC12CC3CC(CC(C3)C1(C)O)C2. The van der Waals surface area contributed by atoms with Crippen LogP contribution in [0.15, 0.2) is 0 Å². The minimum Gasteiger partial charge on any atom is -0.387 e. The predicted octanol–water partition coefficient (Wildman–Crippen LogP) is 4.69. The summed E-state index contributed by atoms with van der Waals surface area (Å²) in [5.41, 5.74) is -0.784. The first kappa shape index (κ1) is 15.8. The second-order valence-electron chi connectivity index (χ2n) is 8.30. The number of unbranched alkanes of at least 4 members (excludes halogenated alkanes) is 5. The van der Waals surface area contributed by atoms with E-state index < -0.39 is 5.60 Å². The summed E-state index contributed by atoms with van der Waals surface area (Å²) < 4.78 is 6.41. The van der Waals surface area contributed by atoms with Gasteiger partial charge in [0.15, 0.2) is 0 Å². The van der Waals surface area contributed by atoms with Crippen molar-refractivity contribution in [2.75, 3.05) is 6.61 Å². The summed E-state index contributed by atoms with van der Waals surface area (Å²) in [4.78, 5) is 0.